The fourth-order valence-corrected chi connectivity index (χ4v) is 1.75. The molecule has 0 saturated heterocycles. The fraction of sp³-hybridized carbons (Fsp3) is 0.182. The zero-order valence-corrected chi connectivity index (χ0v) is 11.0. The Bertz CT molecular complexity index is 432. The van der Waals surface area contributed by atoms with Crippen LogP contribution >= 0.6 is 27.5 Å². The maximum Gasteiger partial charge on any atom is 0.163 e. The van der Waals surface area contributed by atoms with Crippen LogP contribution < -0.4 is 10.5 Å². The first-order valence-electron chi connectivity index (χ1n) is 4.54. The third kappa shape index (κ3) is 3.25. The van der Waals surface area contributed by atoms with Crippen molar-refractivity contribution < 1.29 is 9.53 Å². The lowest BCUT2D eigenvalue weighted by Gasteiger charge is -2.11. The number of carbonyl (C=O) groups is 1. The van der Waals surface area contributed by atoms with Crippen molar-refractivity contribution in [3.8, 4) is 5.75 Å². The Morgan fingerprint density at radius 3 is 2.88 bits per heavy atom. The summed E-state index contributed by atoms with van der Waals surface area (Å²) in [7, 11) is 0. The van der Waals surface area contributed by atoms with Crippen molar-refractivity contribution in [3.63, 3.8) is 0 Å². The summed E-state index contributed by atoms with van der Waals surface area (Å²) in [5.41, 5.74) is 8.00. The third-order valence-corrected chi connectivity index (χ3v) is 2.51. The summed E-state index contributed by atoms with van der Waals surface area (Å²) in [4.78, 5) is 11.4. The van der Waals surface area contributed by atoms with Crippen LogP contribution in [0, 0.1) is 0 Å². The fourth-order valence-electron chi connectivity index (χ4n) is 1.21. The number of benzene rings is 1. The number of hydrogen-bond acceptors (Lipinski definition) is 3. The second-order valence-electron chi connectivity index (χ2n) is 3.10. The Morgan fingerprint density at radius 2 is 2.31 bits per heavy atom. The van der Waals surface area contributed by atoms with Crippen LogP contribution in [0.15, 0.2) is 28.2 Å². The van der Waals surface area contributed by atoms with Crippen LogP contribution in [0.5, 0.6) is 5.75 Å². The van der Waals surface area contributed by atoms with Gasteiger partial charge in [0.1, 0.15) is 6.61 Å². The van der Waals surface area contributed by atoms with Gasteiger partial charge in [-0.15, -0.1) is 0 Å². The van der Waals surface area contributed by atoms with Gasteiger partial charge in [0, 0.05) is 10.0 Å². The van der Waals surface area contributed by atoms with Crippen molar-refractivity contribution in [2.45, 2.75) is 6.92 Å². The maximum absolute atomic E-state index is 11.4. The standard InChI is InChI=1S/C11H11BrClNO2/c1-7(15)9-5-8(12)6-10(14)11(9)16-4-2-3-13/h2-3,5-6H,4,14H2,1H3/b3-2+. The van der Waals surface area contributed by atoms with Gasteiger partial charge in [0.2, 0.25) is 0 Å². The normalized spacial score (nSPS) is 10.7. The van der Waals surface area contributed by atoms with E-state index in [1.807, 2.05) is 0 Å². The summed E-state index contributed by atoms with van der Waals surface area (Å²) in [5.74, 6) is 0.295. The van der Waals surface area contributed by atoms with Gasteiger partial charge in [-0.25, -0.2) is 0 Å². The zero-order chi connectivity index (χ0) is 12.1. The lowest BCUT2D eigenvalue weighted by atomic mass is 10.1. The first-order chi connectivity index (χ1) is 7.56. The molecule has 1 rings (SSSR count). The number of halogens is 2. The molecule has 2 N–H and O–H groups in total. The first kappa shape index (κ1) is 13.1. The molecule has 0 radical (unpaired) electrons. The number of ether oxygens (including phenoxy) is 1. The van der Waals surface area contributed by atoms with Crippen LogP contribution in [0.3, 0.4) is 0 Å². The molecule has 1 aromatic carbocycles. The van der Waals surface area contributed by atoms with Gasteiger partial charge >= 0.3 is 0 Å². The number of ketones is 1. The van der Waals surface area contributed by atoms with Gasteiger partial charge in [-0.3, -0.25) is 4.79 Å². The largest absolute Gasteiger partial charge is 0.487 e. The molecule has 3 nitrogen and oxygen atoms in total. The Morgan fingerprint density at radius 1 is 1.62 bits per heavy atom. The molecule has 0 aliphatic heterocycles. The van der Waals surface area contributed by atoms with Gasteiger partial charge in [0.05, 0.1) is 11.3 Å². The minimum atomic E-state index is -0.0992. The number of nitrogens with two attached hydrogens (primary N) is 1. The number of anilines is 1. The molecule has 0 aromatic heterocycles. The number of carbonyl (C=O) groups excluding carboxylic acids is 1. The van der Waals surface area contributed by atoms with Crippen molar-refractivity contribution in [3.05, 3.63) is 33.8 Å². The monoisotopic (exact) mass is 303 g/mol. The minimum Gasteiger partial charge on any atom is -0.487 e. The molecule has 16 heavy (non-hydrogen) atoms. The van der Waals surface area contributed by atoms with E-state index in [2.05, 4.69) is 15.9 Å². The minimum absolute atomic E-state index is 0.0992. The van der Waals surface area contributed by atoms with E-state index >= 15 is 0 Å². The molecule has 0 atom stereocenters. The number of Topliss-reactive ketones (excluding diaryl/α,β-unsaturated/α-hetero) is 1. The van der Waals surface area contributed by atoms with Crippen LogP contribution in [0.2, 0.25) is 0 Å². The van der Waals surface area contributed by atoms with Crippen molar-refractivity contribution in [2.24, 2.45) is 0 Å². The lowest BCUT2D eigenvalue weighted by Crippen LogP contribution is -2.04. The highest BCUT2D eigenvalue weighted by atomic mass is 79.9. The van der Waals surface area contributed by atoms with Gasteiger partial charge in [0.15, 0.2) is 11.5 Å². The molecule has 1 aromatic rings. The summed E-state index contributed by atoms with van der Waals surface area (Å²) in [6, 6.07) is 3.37. The van der Waals surface area contributed by atoms with E-state index in [9.17, 15) is 4.79 Å². The number of hydrogen-bond donors (Lipinski definition) is 1. The average molecular weight is 305 g/mol. The number of nitrogen functional groups attached to an aromatic ring is 1. The number of rotatable bonds is 4. The molecular formula is C11H11BrClNO2. The maximum atomic E-state index is 11.4. The van der Waals surface area contributed by atoms with Crippen molar-refractivity contribution >= 4 is 39.0 Å². The molecule has 0 aliphatic rings. The zero-order valence-electron chi connectivity index (χ0n) is 8.67. The lowest BCUT2D eigenvalue weighted by molar-refractivity contribution is 0.101. The molecule has 0 aliphatic carbocycles. The third-order valence-electron chi connectivity index (χ3n) is 1.87. The van der Waals surface area contributed by atoms with Crippen LogP contribution in [0.4, 0.5) is 5.69 Å². The summed E-state index contributed by atoms with van der Waals surface area (Å²) in [6.45, 7) is 1.74. The quantitative estimate of drug-likeness (QED) is 0.685. The molecule has 0 bridgehead atoms. The van der Waals surface area contributed by atoms with Crippen molar-refractivity contribution in [2.75, 3.05) is 12.3 Å². The predicted molar refractivity (Wildman–Crippen MR) is 69.0 cm³/mol. The smallest absolute Gasteiger partial charge is 0.163 e. The van der Waals surface area contributed by atoms with E-state index in [1.165, 1.54) is 12.5 Å². The van der Waals surface area contributed by atoms with E-state index < -0.39 is 0 Å². The molecule has 0 fully saturated rings. The van der Waals surface area contributed by atoms with Crippen molar-refractivity contribution in [1.29, 1.82) is 0 Å². The Kier molecular flexibility index (Phi) is 4.83. The van der Waals surface area contributed by atoms with Crippen LogP contribution in [-0.4, -0.2) is 12.4 Å². The van der Waals surface area contributed by atoms with Gasteiger partial charge in [-0.05, 0) is 25.1 Å². The molecule has 0 spiro atoms. The van der Waals surface area contributed by atoms with Crippen LogP contribution in [0.1, 0.15) is 17.3 Å². The van der Waals surface area contributed by atoms with Gasteiger partial charge in [-0.1, -0.05) is 27.5 Å². The van der Waals surface area contributed by atoms with E-state index in [0.29, 0.717) is 17.0 Å². The predicted octanol–water partition coefficient (Wildman–Crippen LogP) is 3.37. The van der Waals surface area contributed by atoms with E-state index in [1.54, 1.807) is 18.2 Å². The first-order valence-corrected chi connectivity index (χ1v) is 5.77. The molecule has 0 saturated carbocycles. The molecule has 0 unspecified atom stereocenters. The van der Waals surface area contributed by atoms with Crippen molar-refractivity contribution in [1.82, 2.24) is 0 Å². The van der Waals surface area contributed by atoms with Gasteiger partial charge < -0.3 is 10.5 Å². The second-order valence-corrected chi connectivity index (χ2v) is 4.27. The Balaban J connectivity index is 3.09. The highest BCUT2D eigenvalue weighted by molar-refractivity contribution is 9.10. The van der Waals surface area contributed by atoms with Gasteiger partial charge in [-0.2, -0.15) is 0 Å². The van der Waals surface area contributed by atoms with Crippen LogP contribution in [-0.2, 0) is 0 Å². The van der Waals surface area contributed by atoms with E-state index in [0.717, 1.165) is 4.47 Å². The highest BCUT2D eigenvalue weighted by Crippen LogP contribution is 2.31. The molecule has 5 heteroatoms. The SMILES string of the molecule is CC(=O)c1cc(Br)cc(N)c1OC/C=C/Cl. The molecule has 0 heterocycles. The summed E-state index contributed by atoms with van der Waals surface area (Å²) in [6.07, 6.45) is 1.62. The Hall–Kier alpha value is -1.00. The summed E-state index contributed by atoms with van der Waals surface area (Å²) < 4.78 is 6.13. The molecular weight excluding hydrogens is 293 g/mol. The molecule has 86 valence electrons. The second kappa shape index (κ2) is 5.92. The van der Waals surface area contributed by atoms with Gasteiger partial charge in [0.25, 0.3) is 0 Å². The van der Waals surface area contributed by atoms with E-state index in [4.69, 9.17) is 22.1 Å². The van der Waals surface area contributed by atoms with Crippen LogP contribution in [0.25, 0.3) is 0 Å². The summed E-state index contributed by atoms with van der Waals surface area (Å²) >= 11 is 8.64. The summed E-state index contributed by atoms with van der Waals surface area (Å²) in [5, 5.41) is 0. The van der Waals surface area contributed by atoms with E-state index in [-0.39, 0.29) is 12.4 Å². The average Bonchev–Trinajstić information content (AvgIpc) is 2.20. The Labute approximate surface area is 107 Å². The highest BCUT2D eigenvalue weighted by Gasteiger charge is 2.12. The molecule has 0 amide bonds. The topological polar surface area (TPSA) is 52.3 Å².